The van der Waals surface area contributed by atoms with Gasteiger partial charge in [-0.15, -0.1) is 0 Å². The number of hydrogen-bond donors (Lipinski definition) is 1. The standard InChI is InChI=1S/C16H20N2O7/c1-9(2)5-13(16(21)25-4)17-14(19)10-6-11(15(20)24-3)8-12(7-10)18(22)23/h6-9,13H,5H2,1-4H3,(H,17,19)/t13-/m0/s1. The Labute approximate surface area is 144 Å². The topological polar surface area (TPSA) is 125 Å². The van der Waals surface area contributed by atoms with Crippen LogP contribution in [0.4, 0.5) is 5.69 Å². The van der Waals surface area contributed by atoms with E-state index in [1.807, 2.05) is 13.8 Å². The number of ether oxygens (including phenoxy) is 2. The summed E-state index contributed by atoms with van der Waals surface area (Å²) < 4.78 is 9.18. The van der Waals surface area contributed by atoms with E-state index in [1.165, 1.54) is 7.11 Å². The lowest BCUT2D eigenvalue weighted by Gasteiger charge is -2.18. The molecule has 9 nitrogen and oxygen atoms in total. The molecule has 1 aromatic carbocycles. The average Bonchev–Trinajstić information content (AvgIpc) is 2.58. The third kappa shape index (κ3) is 5.55. The summed E-state index contributed by atoms with van der Waals surface area (Å²) in [6.45, 7) is 3.73. The Balaban J connectivity index is 3.17. The minimum absolute atomic E-state index is 0.0974. The maximum Gasteiger partial charge on any atom is 0.338 e. The van der Waals surface area contributed by atoms with Crippen LogP contribution in [0.25, 0.3) is 0 Å². The van der Waals surface area contributed by atoms with Gasteiger partial charge in [-0.1, -0.05) is 13.8 Å². The molecule has 136 valence electrons. The van der Waals surface area contributed by atoms with Crippen molar-refractivity contribution in [2.75, 3.05) is 14.2 Å². The van der Waals surface area contributed by atoms with Crippen LogP contribution in [-0.4, -0.2) is 43.0 Å². The number of rotatable bonds is 7. The molecule has 1 rings (SSSR count). The highest BCUT2D eigenvalue weighted by Crippen LogP contribution is 2.19. The summed E-state index contributed by atoms with van der Waals surface area (Å²) in [6.07, 6.45) is 0.331. The van der Waals surface area contributed by atoms with Gasteiger partial charge in [0, 0.05) is 17.7 Å². The van der Waals surface area contributed by atoms with Crippen molar-refractivity contribution in [3.63, 3.8) is 0 Å². The maximum atomic E-state index is 12.4. The quantitative estimate of drug-likeness (QED) is 0.450. The van der Waals surface area contributed by atoms with Crippen molar-refractivity contribution in [1.82, 2.24) is 5.32 Å². The van der Waals surface area contributed by atoms with Crippen LogP contribution in [0.1, 0.15) is 41.0 Å². The molecule has 1 aromatic rings. The molecule has 0 spiro atoms. The minimum Gasteiger partial charge on any atom is -0.467 e. The Bertz CT molecular complexity index is 685. The summed E-state index contributed by atoms with van der Waals surface area (Å²) in [7, 11) is 2.32. The molecule has 0 saturated carbocycles. The second-order valence-electron chi connectivity index (χ2n) is 5.70. The predicted octanol–water partition coefficient (Wildman–Crippen LogP) is 1.70. The molecule has 0 heterocycles. The molecule has 0 bridgehead atoms. The van der Waals surface area contributed by atoms with Gasteiger partial charge in [0.15, 0.2) is 0 Å². The number of hydrogen-bond acceptors (Lipinski definition) is 7. The van der Waals surface area contributed by atoms with Gasteiger partial charge in [0.1, 0.15) is 6.04 Å². The average molecular weight is 352 g/mol. The molecule has 0 aliphatic heterocycles. The Morgan fingerprint density at radius 2 is 1.72 bits per heavy atom. The van der Waals surface area contributed by atoms with E-state index in [2.05, 4.69) is 14.8 Å². The van der Waals surface area contributed by atoms with E-state index in [0.717, 1.165) is 25.3 Å². The van der Waals surface area contributed by atoms with E-state index in [0.29, 0.717) is 6.42 Å². The fourth-order valence-electron chi connectivity index (χ4n) is 2.15. The molecular formula is C16H20N2O7. The van der Waals surface area contributed by atoms with Crippen molar-refractivity contribution in [3.05, 3.63) is 39.4 Å². The molecular weight excluding hydrogens is 332 g/mol. The lowest BCUT2D eigenvalue weighted by molar-refractivity contribution is -0.384. The number of nitrogens with zero attached hydrogens (tertiary/aromatic N) is 1. The maximum absolute atomic E-state index is 12.4. The highest BCUT2D eigenvalue weighted by molar-refractivity contribution is 6.00. The SMILES string of the molecule is COC(=O)c1cc(C(=O)N[C@@H](CC(C)C)C(=O)OC)cc([N+](=O)[O-])c1. The summed E-state index contributed by atoms with van der Waals surface area (Å²) >= 11 is 0. The first-order valence-electron chi connectivity index (χ1n) is 7.46. The van der Waals surface area contributed by atoms with Gasteiger partial charge in [0.25, 0.3) is 11.6 Å². The number of carbonyl (C=O) groups is 3. The monoisotopic (exact) mass is 352 g/mol. The van der Waals surface area contributed by atoms with Crippen molar-refractivity contribution in [1.29, 1.82) is 0 Å². The molecule has 0 radical (unpaired) electrons. The Morgan fingerprint density at radius 1 is 1.12 bits per heavy atom. The van der Waals surface area contributed by atoms with Crippen LogP contribution in [0, 0.1) is 16.0 Å². The van der Waals surface area contributed by atoms with Crippen molar-refractivity contribution in [3.8, 4) is 0 Å². The van der Waals surface area contributed by atoms with E-state index in [1.54, 1.807) is 0 Å². The molecule has 1 amide bonds. The van der Waals surface area contributed by atoms with Gasteiger partial charge in [0.2, 0.25) is 0 Å². The van der Waals surface area contributed by atoms with E-state index in [4.69, 9.17) is 0 Å². The molecule has 1 atom stereocenters. The predicted molar refractivity (Wildman–Crippen MR) is 87.2 cm³/mol. The zero-order chi connectivity index (χ0) is 19.1. The zero-order valence-corrected chi connectivity index (χ0v) is 14.4. The molecule has 0 aliphatic rings. The highest BCUT2D eigenvalue weighted by atomic mass is 16.6. The van der Waals surface area contributed by atoms with Crippen LogP contribution in [-0.2, 0) is 14.3 Å². The van der Waals surface area contributed by atoms with Gasteiger partial charge in [-0.3, -0.25) is 14.9 Å². The Kier molecular flexibility index (Phi) is 7.04. The third-order valence-electron chi connectivity index (χ3n) is 3.31. The number of amides is 1. The normalized spacial score (nSPS) is 11.6. The number of nitrogens with one attached hydrogen (secondary N) is 1. The molecule has 0 aliphatic carbocycles. The summed E-state index contributed by atoms with van der Waals surface area (Å²) in [4.78, 5) is 46.1. The number of nitro groups is 1. The zero-order valence-electron chi connectivity index (χ0n) is 14.4. The van der Waals surface area contributed by atoms with Crippen LogP contribution in [0.3, 0.4) is 0 Å². The lowest BCUT2D eigenvalue weighted by Crippen LogP contribution is -2.42. The van der Waals surface area contributed by atoms with Gasteiger partial charge in [-0.05, 0) is 18.4 Å². The number of non-ortho nitro benzene ring substituents is 1. The lowest BCUT2D eigenvalue weighted by atomic mass is 10.0. The van der Waals surface area contributed by atoms with Crippen LogP contribution in [0.5, 0.6) is 0 Å². The first-order chi connectivity index (χ1) is 11.7. The van der Waals surface area contributed by atoms with E-state index in [-0.39, 0.29) is 17.0 Å². The number of nitro benzene ring substituents is 1. The fraction of sp³-hybridized carbons (Fsp3) is 0.438. The van der Waals surface area contributed by atoms with Gasteiger partial charge in [-0.25, -0.2) is 9.59 Å². The molecule has 0 unspecified atom stereocenters. The summed E-state index contributed by atoms with van der Waals surface area (Å²) in [6, 6.07) is 2.29. The Hall–Kier alpha value is -2.97. The van der Waals surface area contributed by atoms with E-state index < -0.39 is 34.5 Å². The molecule has 0 aromatic heterocycles. The van der Waals surface area contributed by atoms with Gasteiger partial charge >= 0.3 is 11.9 Å². The summed E-state index contributed by atoms with van der Waals surface area (Å²) in [5.41, 5.74) is -0.709. The number of carbonyl (C=O) groups excluding carboxylic acids is 3. The fourth-order valence-corrected chi connectivity index (χ4v) is 2.15. The smallest absolute Gasteiger partial charge is 0.338 e. The van der Waals surface area contributed by atoms with Crippen molar-refractivity contribution >= 4 is 23.5 Å². The second-order valence-corrected chi connectivity index (χ2v) is 5.70. The van der Waals surface area contributed by atoms with Crippen molar-refractivity contribution in [2.45, 2.75) is 26.3 Å². The summed E-state index contributed by atoms with van der Waals surface area (Å²) in [5, 5.41) is 13.5. The van der Waals surface area contributed by atoms with Gasteiger partial charge < -0.3 is 14.8 Å². The molecule has 0 fully saturated rings. The largest absolute Gasteiger partial charge is 0.467 e. The highest BCUT2D eigenvalue weighted by Gasteiger charge is 2.25. The van der Waals surface area contributed by atoms with Crippen LogP contribution in [0.15, 0.2) is 18.2 Å². The van der Waals surface area contributed by atoms with Gasteiger partial charge in [0.05, 0.1) is 24.7 Å². The van der Waals surface area contributed by atoms with Crippen LogP contribution >= 0.6 is 0 Å². The molecule has 0 saturated heterocycles. The molecule has 1 N–H and O–H groups in total. The van der Waals surface area contributed by atoms with Crippen molar-refractivity contribution < 1.29 is 28.8 Å². The van der Waals surface area contributed by atoms with Crippen molar-refractivity contribution in [2.24, 2.45) is 5.92 Å². The number of esters is 2. The first kappa shape index (κ1) is 20.1. The minimum atomic E-state index is -0.904. The molecule has 25 heavy (non-hydrogen) atoms. The number of benzene rings is 1. The van der Waals surface area contributed by atoms with Crippen LogP contribution in [0.2, 0.25) is 0 Å². The first-order valence-corrected chi connectivity index (χ1v) is 7.46. The Morgan fingerprint density at radius 3 is 2.20 bits per heavy atom. The number of methoxy groups -OCH3 is 2. The second kappa shape index (κ2) is 8.76. The van der Waals surface area contributed by atoms with Crippen LogP contribution < -0.4 is 5.32 Å². The molecule has 9 heteroatoms. The van der Waals surface area contributed by atoms with Gasteiger partial charge in [-0.2, -0.15) is 0 Å². The van der Waals surface area contributed by atoms with E-state index in [9.17, 15) is 24.5 Å². The van der Waals surface area contributed by atoms with E-state index >= 15 is 0 Å². The summed E-state index contributed by atoms with van der Waals surface area (Å²) in [5.74, 6) is -2.07. The third-order valence-corrected chi connectivity index (χ3v) is 3.31.